The molecule has 0 bridgehead atoms. The van der Waals surface area contributed by atoms with Crippen LogP contribution in [0, 0.1) is 0 Å². The minimum absolute atomic E-state index is 0.167. The second-order valence-electron chi connectivity index (χ2n) is 9.57. The number of aliphatic hydroxyl groups excluding tert-OH is 2. The number of hydrogen-bond donors (Lipinski definition) is 5. The van der Waals surface area contributed by atoms with Crippen LogP contribution in [0.1, 0.15) is 95.5 Å². The summed E-state index contributed by atoms with van der Waals surface area (Å²) >= 11 is 0. The molecule has 0 fully saturated rings. The average molecular weight is 538 g/mol. The van der Waals surface area contributed by atoms with E-state index in [4.69, 9.17) is 14.9 Å². The van der Waals surface area contributed by atoms with Gasteiger partial charge in [-0.2, -0.15) is 0 Å². The summed E-state index contributed by atoms with van der Waals surface area (Å²) < 4.78 is 5.27. The lowest BCUT2D eigenvalue weighted by atomic mass is 9.97. The van der Waals surface area contributed by atoms with E-state index >= 15 is 0 Å². The maximum Gasteiger partial charge on any atom is 0.306 e. The standard InChI is InChI=1S/C28H43NO9/c30-22(16-18-25(33)34)28(23(31)17-19-26(35)36)29-24(32)14-10-5-3-1-2-4-6-11-15-27(37)38-20-21-12-8-7-9-13-21/h7-9,12-13,22-23,28,30-31H,1-6,10-11,14-20H2,(H,29,32)(H,33,34)(H,35,36). The maximum absolute atomic E-state index is 12.3. The largest absolute Gasteiger partial charge is 0.481 e. The first kappa shape index (κ1) is 33.0. The number of ether oxygens (including phenoxy) is 1. The monoisotopic (exact) mass is 537 g/mol. The lowest BCUT2D eigenvalue weighted by Gasteiger charge is -2.28. The first-order chi connectivity index (χ1) is 18.2. The van der Waals surface area contributed by atoms with Gasteiger partial charge in [-0.25, -0.2) is 0 Å². The molecule has 38 heavy (non-hydrogen) atoms. The van der Waals surface area contributed by atoms with Gasteiger partial charge in [-0.05, 0) is 31.2 Å². The number of esters is 1. The molecule has 214 valence electrons. The fourth-order valence-corrected chi connectivity index (χ4v) is 4.03. The zero-order chi connectivity index (χ0) is 28.2. The van der Waals surface area contributed by atoms with Gasteiger partial charge in [-0.3, -0.25) is 19.2 Å². The summed E-state index contributed by atoms with van der Waals surface area (Å²) in [6.45, 7) is 0.301. The zero-order valence-electron chi connectivity index (χ0n) is 22.1. The molecule has 2 unspecified atom stereocenters. The molecular weight excluding hydrogens is 494 g/mol. The molecule has 0 saturated carbocycles. The molecule has 0 heterocycles. The number of carbonyl (C=O) groups is 4. The molecule has 1 rings (SSSR count). The average Bonchev–Trinajstić information content (AvgIpc) is 2.89. The smallest absolute Gasteiger partial charge is 0.306 e. The molecule has 1 aromatic carbocycles. The minimum atomic E-state index is -1.30. The van der Waals surface area contributed by atoms with Crippen LogP contribution in [0.5, 0.6) is 0 Å². The summed E-state index contributed by atoms with van der Waals surface area (Å²) in [5.74, 6) is -2.79. The number of carboxylic acids is 2. The van der Waals surface area contributed by atoms with Crippen molar-refractivity contribution < 1.29 is 44.3 Å². The van der Waals surface area contributed by atoms with E-state index in [1.807, 2.05) is 30.3 Å². The van der Waals surface area contributed by atoms with Gasteiger partial charge in [0, 0.05) is 25.7 Å². The number of rotatable bonds is 22. The van der Waals surface area contributed by atoms with E-state index < -0.39 is 30.2 Å². The van der Waals surface area contributed by atoms with Crippen molar-refractivity contribution in [3.63, 3.8) is 0 Å². The third-order valence-corrected chi connectivity index (χ3v) is 6.24. The number of aliphatic hydroxyl groups is 2. The van der Waals surface area contributed by atoms with Crippen LogP contribution in [0.3, 0.4) is 0 Å². The molecule has 0 aliphatic heterocycles. The van der Waals surface area contributed by atoms with E-state index in [0.29, 0.717) is 19.4 Å². The van der Waals surface area contributed by atoms with Crippen LogP contribution >= 0.6 is 0 Å². The molecule has 2 atom stereocenters. The normalized spacial score (nSPS) is 13.3. The summed E-state index contributed by atoms with van der Waals surface area (Å²) in [4.78, 5) is 45.7. The number of carboxylic acid groups (broad SMARTS) is 2. The van der Waals surface area contributed by atoms with Crippen molar-refractivity contribution in [2.75, 3.05) is 0 Å². The van der Waals surface area contributed by atoms with Gasteiger partial charge in [0.05, 0.1) is 18.2 Å². The zero-order valence-corrected chi connectivity index (χ0v) is 22.1. The molecule has 0 saturated heterocycles. The van der Waals surface area contributed by atoms with Crippen molar-refractivity contribution in [2.45, 2.75) is 115 Å². The molecule has 0 aliphatic carbocycles. The molecule has 10 nitrogen and oxygen atoms in total. The van der Waals surface area contributed by atoms with Gasteiger partial charge in [-0.1, -0.05) is 68.9 Å². The lowest BCUT2D eigenvalue weighted by Crippen LogP contribution is -2.51. The van der Waals surface area contributed by atoms with Crippen molar-refractivity contribution >= 4 is 23.8 Å². The second kappa shape index (κ2) is 20.0. The van der Waals surface area contributed by atoms with E-state index in [0.717, 1.165) is 50.5 Å². The van der Waals surface area contributed by atoms with Crippen LogP contribution in [0.2, 0.25) is 0 Å². The van der Waals surface area contributed by atoms with Gasteiger partial charge in [-0.15, -0.1) is 0 Å². The molecule has 0 aliphatic rings. The summed E-state index contributed by atoms with van der Waals surface area (Å²) in [6.07, 6.45) is 4.26. The Morgan fingerprint density at radius 2 is 1.16 bits per heavy atom. The van der Waals surface area contributed by atoms with Crippen molar-refractivity contribution in [2.24, 2.45) is 0 Å². The number of nitrogens with one attached hydrogen (secondary N) is 1. The van der Waals surface area contributed by atoms with Gasteiger partial charge in [0.1, 0.15) is 6.61 Å². The highest BCUT2D eigenvalue weighted by atomic mass is 16.5. The third-order valence-electron chi connectivity index (χ3n) is 6.24. The second-order valence-corrected chi connectivity index (χ2v) is 9.57. The predicted molar refractivity (Wildman–Crippen MR) is 140 cm³/mol. The van der Waals surface area contributed by atoms with E-state index in [2.05, 4.69) is 5.32 Å². The van der Waals surface area contributed by atoms with E-state index in [9.17, 15) is 29.4 Å². The fraction of sp³-hybridized carbons (Fsp3) is 0.643. The van der Waals surface area contributed by atoms with Crippen molar-refractivity contribution in [1.82, 2.24) is 5.32 Å². The van der Waals surface area contributed by atoms with Gasteiger partial charge in [0.2, 0.25) is 5.91 Å². The number of unbranched alkanes of at least 4 members (excludes halogenated alkanes) is 7. The van der Waals surface area contributed by atoms with Crippen molar-refractivity contribution in [1.29, 1.82) is 0 Å². The molecule has 1 aromatic rings. The van der Waals surface area contributed by atoms with Crippen LogP contribution < -0.4 is 5.32 Å². The number of amides is 1. The highest BCUT2D eigenvalue weighted by molar-refractivity contribution is 5.76. The molecule has 10 heteroatoms. The minimum Gasteiger partial charge on any atom is -0.481 e. The predicted octanol–water partition coefficient (Wildman–Crippen LogP) is 3.57. The quantitative estimate of drug-likeness (QED) is 0.110. The summed E-state index contributed by atoms with van der Waals surface area (Å²) in [5, 5.41) is 40.7. The first-order valence-corrected chi connectivity index (χ1v) is 13.5. The third kappa shape index (κ3) is 16.7. The Kier molecular flexibility index (Phi) is 17.4. The van der Waals surface area contributed by atoms with Gasteiger partial charge in [0.15, 0.2) is 0 Å². The summed E-state index contributed by atoms with van der Waals surface area (Å²) in [7, 11) is 0. The van der Waals surface area contributed by atoms with Crippen LogP contribution in [0.4, 0.5) is 0 Å². The topological polar surface area (TPSA) is 170 Å². The Hall–Kier alpha value is -2.98. The van der Waals surface area contributed by atoms with Crippen molar-refractivity contribution in [3.05, 3.63) is 35.9 Å². The van der Waals surface area contributed by atoms with E-state index in [1.54, 1.807) is 0 Å². The first-order valence-electron chi connectivity index (χ1n) is 13.5. The highest BCUT2D eigenvalue weighted by Gasteiger charge is 2.29. The van der Waals surface area contributed by atoms with Crippen LogP contribution in [-0.2, 0) is 30.5 Å². The summed E-state index contributed by atoms with van der Waals surface area (Å²) in [6, 6.07) is 8.44. The Bertz CT molecular complexity index is 807. The number of hydrogen-bond acceptors (Lipinski definition) is 7. The van der Waals surface area contributed by atoms with E-state index in [1.165, 1.54) is 0 Å². The van der Waals surface area contributed by atoms with Gasteiger partial charge >= 0.3 is 17.9 Å². The lowest BCUT2D eigenvalue weighted by molar-refractivity contribution is -0.145. The highest BCUT2D eigenvalue weighted by Crippen LogP contribution is 2.14. The maximum atomic E-state index is 12.3. The number of aliphatic carboxylic acids is 2. The Morgan fingerprint density at radius 3 is 1.66 bits per heavy atom. The molecule has 0 aromatic heterocycles. The fourth-order valence-electron chi connectivity index (χ4n) is 4.03. The molecule has 5 N–H and O–H groups in total. The molecule has 0 radical (unpaired) electrons. The Balaban J connectivity index is 2.14. The van der Waals surface area contributed by atoms with Gasteiger partial charge < -0.3 is 30.5 Å². The Morgan fingerprint density at radius 1 is 0.684 bits per heavy atom. The Labute approximate surface area is 224 Å². The number of carbonyl (C=O) groups excluding carboxylic acids is 2. The van der Waals surface area contributed by atoms with Crippen LogP contribution in [0.15, 0.2) is 30.3 Å². The molecule has 1 amide bonds. The van der Waals surface area contributed by atoms with Crippen molar-refractivity contribution in [3.8, 4) is 0 Å². The van der Waals surface area contributed by atoms with Crippen LogP contribution in [0.25, 0.3) is 0 Å². The molecule has 0 spiro atoms. The molecular formula is C28H43NO9. The number of benzene rings is 1. The van der Waals surface area contributed by atoms with E-state index in [-0.39, 0.29) is 44.0 Å². The summed E-state index contributed by atoms with van der Waals surface area (Å²) in [5.41, 5.74) is 0.972. The SMILES string of the molecule is O=C(O)CCC(O)C(NC(=O)CCCCCCCCCCC(=O)OCc1ccccc1)C(O)CCC(=O)O. The van der Waals surface area contributed by atoms with Gasteiger partial charge in [0.25, 0.3) is 0 Å². The van der Waals surface area contributed by atoms with Crippen LogP contribution in [-0.4, -0.2) is 62.5 Å².